The van der Waals surface area contributed by atoms with Gasteiger partial charge in [0.1, 0.15) is 5.69 Å². The second kappa shape index (κ2) is 9.54. The molecule has 9 nitrogen and oxygen atoms in total. The first kappa shape index (κ1) is 23.7. The van der Waals surface area contributed by atoms with Crippen molar-refractivity contribution in [2.75, 3.05) is 10.7 Å². The van der Waals surface area contributed by atoms with Crippen molar-refractivity contribution >= 4 is 29.3 Å². The van der Waals surface area contributed by atoms with Gasteiger partial charge >= 0.3 is 0 Å². The maximum Gasteiger partial charge on any atom is 0.296 e. The lowest BCUT2D eigenvalue weighted by atomic mass is 9.99. The van der Waals surface area contributed by atoms with Crippen molar-refractivity contribution in [2.24, 2.45) is 0 Å². The highest BCUT2D eigenvalue weighted by Gasteiger charge is 2.46. The molecule has 1 unspecified atom stereocenters. The lowest BCUT2D eigenvalue weighted by Gasteiger charge is -2.32. The van der Waals surface area contributed by atoms with Gasteiger partial charge in [-0.2, -0.15) is 5.10 Å². The zero-order valence-corrected chi connectivity index (χ0v) is 20.9. The van der Waals surface area contributed by atoms with E-state index in [1.807, 2.05) is 49.4 Å². The minimum absolute atomic E-state index is 0.242. The zero-order chi connectivity index (χ0) is 25.4. The number of hydrogen-bond donors (Lipinski definition) is 0. The van der Waals surface area contributed by atoms with Crippen molar-refractivity contribution in [1.29, 1.82) is 0 Å². The van der Waals surface area contributed by atoms with Crippen LogP contribution in [0.25, 0.3) is 22.5 Å². The molecule has 5 rings (SSSR count). The lowest BCUT2D eigenvalue weighted by Crippen LogP contribution is -2.58. The van der Waals surface area contributed by atoms with E-state index in [2.05, 4.69) is 10.1 Å². The van der Waals surface area contributed by atoms with Gasteiger partial charge in [0, 0.05) is 36.5 Å². The summed E-state index contributed by atoms with van der Waals surface area (Å²) in [5.74, 6) is -0.201. The van der Waals surface area contributed by atoms with Crippen LogP contribution >= 0.6 is 11.8 Å². The molecule has 10 heteroatoms. The van der Waals surface area contributed by atoms with Crippen LogP contribution < -0.4 is 14.7 Å². The van der Waals surface area contributed by atoms with Crippen LogP contribution in [0.2, 0.25) is 0 Å². The number of carbonyl (C=O) groups excluding carboxylic acids is 2. The summed E-state index contributed by atoms with van der Waals surface area (Å²) in [6.45, 7) is 4.93. The molecule has 0 N–H and O–H groups in total. The van der Waals surface area contributed by atoms with E-state index in [1.165, 1.54) is 30.3 Å². The minimum Gasteiger partial charge on any atom is -0.854 e. The predicted molar refractivity (Wildman–Crippen MR) is 133 cm³/mol. The quantitative estimate of drug-likeness (QED) is 0.305. The summed E-state index contributed by atoms with van der Waals surface area (Å²) < 4.78 is 2.81. The van der Waals surface area contributed by atoms with E-state index in [0.717, 1.165) is 17.7 Å². The number of nitrogens with zero attached hydrogens (tertiary/aromatic N) is 6. The Bertz CT molecular complexity index is 1470. The molecule has 0 radical (unpaired) electrons. The summed E-state index contributed by atoms with van der Waals surface area (Å²) in [4.78, 5) is 31.3. The molecule has 3 heterocycles. The highest BCUT2D eigenvalue weighted by molar-refractivity contribution is 7.99. The summed E-state index contributed by atoms with van der Waals surface area (Å²) in [6.07, 6.45) is 1.65. The first-order valence-corrected chi connectivity index (χ1v) is 12.6. The number of thioether (sulfide) groups is 1. The van der Waals surface area contributed by atoms with Crippen molar-refractivity contribution in [2.45, 2.75) is 38.5 Å². The number of rotatable bonds is 5. The summed E-state index contributed by atoms with van der Waals surface area (Å²) >= 11 is 1.38. The Labute approximate surface area is 212 Å². The molecule has 36 heavy (non-hydrogen) atoms. The third-order valence-corrected chi connectivity index (χ3v) is 6.93. The molecule has 1 aliphatic heterocycles. The van der Waals surface area contributed by atoms with Gasteiger partial charge < -0.3 is 5.11 Å². The third kappa shape index (κ3) is 4.03. The molecule has 182 valence electrons. The number of amides is 1. The summed E-state index contributed by atoms with van der Waals surface area (Å²) in [7, 11) is 0. The van der Waals surface area contributed by atoms with Crippen LogP contribution in [0.15, 0.2) is 66.0 Å². The molecule has 0 aliphatic carbocycles. The molecule has 2 aromatic carbocycles. The van der Waals surface area contributed by atoms with Crippen LogP contribution in [0, 0.1) is 0 Å². The highest BCUT2D eigenvalue weighted by atomic mass is 32.2. The maximum absolute atomic E-state index is 13.4. The molecule has 4 aromatic rings. The summed E-state index contributed by atoms with van der Waals surface area (Å²) in [6, 6.07) is 16.6. The number of hydrogen-bond acceptors (Lipinski definition) is 7. The van der Waals surface area contributed by atoms with E-state index in [-0.39, 0.29) is 17.5 Å². The van der Waals surface area contributed by atoms with Crippen LogP contribution in [0.5, 0.6) is 5.88 Å². The highest BCUT2D eigenvalue weighted by Crippen LogP contribution is 2.42. The SMILES string of the molecule is CCCSc1nc([O-])c2[n+](n1)C(c1cn(C(C)=O)nc1-c1ccccc1)N(C(C)=O)c1ccccc1-2. The fourth-order valence-corrected chi connectivity index (χ4v) is 5.05. The first-order chi connectivity index (χ1) is 17.4. The number of anilines is 1. The third-order valence-electron chi connectivity index (χ3n) is 5.88. The Morgan fingerprint density at radius 2 is 1.78 bits per heavy atom. The maximum atomic E-state index is 13.4. The molecule has 1 atom stereocenters. The van der Waals surface area contributed by atoms with Gasteiger partial charge in [0.05, 0.1) is 22.7 Å². The van der Waals surface area contributed by atoms with Gasteiger partial charge in [-0.05, 0) is 18.6 Å². The molecular weight excluding hydrogens is 476 g/mol. The largest absolute Gasteiger partial charge is 0.854 e. The average Bonchev–Trinajstić information content (AvgIpc) is 3.32. The topological polar surface area (TPSA) is 108 Å². The molecule has 0 bridgehead atoms. The Morgan fingerprint density at radius 1 is 1.06 bits per heavy atom. The van der Waals surface area contributed by atoms with Crippen LogP contribution in [0.1, 0.15) is 43.7 Å². The van der Waals surface area contributed by atoms with Gasteiger partial charge in [-0.15, -0.1) is 0 Å². The van der Waals surface area contributed by atoms with Crippen molar-refractivity contribution < 1.29 is 19.4 Å². The molecule has 1 aliphatic rings. The first-order valence-electron chi connectivity index (χ1n) is 11.6. The van der Waals surface area contributed by atoms with Gasteiger partial charge in [0.2, 0.25) is 11.8 Å². The smallest absolute Gasteiger partial charge is 0.296 e. The average molecular weight is 501 g/mol. The Balaban J connectivity index is 1.84. The van der Waals surface area contributed by atoms with E-state index in [9.17, 15) is 14.7 Å². The molecule has 0 fully saturated rings. The normalized spacial score (nSPS) is 14.3. The van der Waals surface area contributed by atoms with Crippen molar-refractivity contribution in [1.82, 2.24) is 19.9 Å². The zero-order valence-electron chi connectivity index (χ0n) is 20.1. The monoisotopic (exact) mass is 500 g/mol. The number of aromatic nitrogens is 5. The van der Waals surface area contributed by atoms with Crippen LogP contribution in [0.3, 0.4) is 0 Å². The van der Waals surface area contributed by atoms with E-state index < -0.39 is 12.0 Å². The van der Waals surface area contributed by atoms with Crippen LogP contribution in [0.4, 0.5) is 5.69 Å². The number of benzene rings is 2. The van der Waals surface area contributed by atoms with Gasteiger partial charge in [0.25, 0.3) is 17.0 Å². The standard InChI is InChI=1S/C26H24N6O3S/c1-4-14-36-26-27-24(35)23-19-12-8-9-13-21(19)31(17(3)34)25(32(23)29-26)20-15-30(16(2)33)28-22(20)18-10-6-5-7-11-18/h5-13,15,25H,4,14H2,1-3H3. The number of fused-ring (bicyclic) bond motifs is 3. The molecule has 2 aromatic heterocycles. The minimum atomic E-state index is -0.854. The van der Waals surface area contributed by atoms with Gasteiger partial charge in [0.15, 0.2) is 0 Å². The van der Waals surface area contributed by atoms with Crippen LogP contribution in [-0.2, 0) is 4.79 Å². The van der Waals surface area contributed by atoms with E-state index >= 15 is 0 Å². The van der Waals surface area contributed by atoms with E-state index in [4.69, 9.17) is 5.10 Å². The molecule has 1 amide bonds. The molecule has 0 saturated carbocycles. The Hall–Kier alpha value is -4.05. The van der Waals surface area contributed by atoms with Gasteiger partial charge in [-0.3, -0.25) is 9.59 Å². The summed E-state index contributed by atoms with van der Waals surface area (Å²) in [5, 5.41) is 23.0. The molecule has 0 spiro atoms. The summed E-state index contributed by atoms with van der Waals surface area (Å²) in [5.41, 5.74) is 3.28. The predicted octanol–water partition coefficient (Wildman–Crippen LogP) is 3.44. The van der Waals surface area contributed by atoms with Gasteiger partial charge in [-0.25, -0.2) is 14.6 Å². The Kier molecular flexibility index (Phi) is 6.27. The van der Waals surface area contributed by atoms with Crippen molar-refractivity contribution in [3.8, 4) is 28.4 Å². The second-order valence-electron chi connectivity index (χ2n) is 8.38. The van der Waals surface area contributed by atoms with Crippen molar-refractivity contribution in [3.63, 3.8) is 0 Å². The Morgan fingerprint density at radius 3 is 2.47 bits per heavy atom. The number of para-hydroxylation sites is 1. The van der Waals surface area contributed by atoms with E-state index in [0.29, 0.717) is 27.7 Å². The van der Waals surface area contributed by atoms with Gasteiger partial charge in [-0.1, -0.05) is 65.8 Å². The molecular formula is C26H24N6O3S. The fourth-order valence-electron chi connectivity index (χ4n) is 4.37. The fraction of sp³-hybridized carbons (Fsp3) is 0.231. The van der Waals surface area contributed by atoms with Crippen molar-refractivity contribution in [3.05, 3.63) is 66.4 Å². The van der Waals surface area contributed by atoms with Crippen LogP contribution in [-0.4, -0.2) is 37.4 Å². The van der Waals surface area contributed by atoms with E-state index in [1.54, 1.807) is 27.9 Å². The lowest BCUT2D eigenvalue weighted by molar-refractivity contribution is -0.764. The molecule has 0 saturated heterocycles. The second-order valence-corrected chi connectivity index (χ2v) is 9.45. The number of carbonyl (C=O) groups is 2.